The molecule has 0 radical (unpaired) electrons. The van der Waals surface area contributed by atoms with Gasteiger partial charge in [0.2, 0.25) is 6.10 Å². The topological polar surface area (TPSA) is 93.7 Å². The van der Waals surface area contributed by atoms with Crippen molar-refractivity contribution in [2.75, 3.05) is 6.54 Å². The molecule has 7 heteroatoms. The van der Waals surface area contributed by atoms with Crippen LogP contribution in [0.5, 0.6) is 0 Å². The zero-order valence-corrected chi connectivity index (χ0v) is 15.4. The standard InChI is InChI=1S/C19H26N2O5/c1-19(2,3)26-18(24)20-12-11-15(22)25-16(13-7-5-4-6-8-13)17(23)21-14-9-10-14/h4-8,14,16H,9-12H2,1-3H3,(H,20,24)(H,21,23)/t16-/m0/s1. The van der Waals surface area contributed by atoms with Gasteiger partial charge in [0.15, 0.2) is 0 Å². The summed E-state index contributed by atoms with van der Waals surface area (Å²) in [5.41, 5.74) is 0.00303. The molecule has 1 aromatic rings. The predicted octanol–water partition coefficient (Wildman–Crippen LogP) is 2.46. The number of amides is 2. The van der Waals surface area contributed by atoms with Crippen molar-refractivity contribution < 1.29 is 23.9 Å². The van der Waals surface area contributed by atoms with E-state index in [0.29, 0.717) is 5.56 Å². The Labute approximate surface area is 153 Å². The summed E-state index contributed by atoms with van der Waals surface area (Å²) in [5, 5.41) is 5.34. The number of rotatable bonds is 7. The smallest absolute Gasteiger partial charge is 0.407 e. The fourth-order valence-corrected chi connectivity index (χ4v) is 2.18. The molecule has 1 saturated carbocycles. The van der Waals surface area contributed by atoms with Crippen LogP contribution in [0, 0.1) is 0 Å². The maximum Gasteiger partial charge on any atom is 0.407 e. The molecule has 0 heterocycles. The lowest BCUT2D eigenvalue weighted by molar-refractivity contribution is -0.156. The van der Waals surface area contributed by atoms with Gasteiger partial charge in [-0.3, -0.25) is 9.59 Å². The van der Waals surface area contributed by atoms with E-state index in [2.05, 4.69) is 10.6 Å². The summed E-state index contributed by atoms with van der Waals surface area (Å²) in [7, 11) is 0. The zero-order chi connectivity index (χ0) is 19.2. The van der Waals surface area contributed by atoms with Gasteiger partial charge in [-0.15, -0.1) is 0 Å². The highest BCUT2D eigenvalue weighted by Gasteiger charge is 2.30. The second-order valence-electron chi connectivity index (χ2n) is 7.24. The number of ether oxygens (including phenoxy) is 2. The van der Waals surface area contributed by atoms with Crippen LogP contribution in [0.3, 0.4) is 0 Å². The molecule has 0 spiro atoms. The van der Waals surface area contributed by atoms with Crippen molar-refractivity contribution in [3.8, 4) is 0 Å². The van der Waals surface area contributed by atoms with E-state index in [4.69, 9.17) is 9.47 Å². The Morgan fingerprint density at radius 3 is 2.38 bits per heavy atom. The van der Waals surface area contributed by atoms with Crippen molar-refractivity contribution in [3.63, 3.8) is 0 Å². The van der Waals surface area contributed by atoms with Crippen LogP contribution in [0.4, 0.5) is 4.79 Å². The Balaban J connectivity index is 1.85. The fraction of sp³-hybridized carbons (Fsp3) is 0.526. The third-order valence-corrected chi connectivity index (χ3v) is 3.51. The number of hydrogen-bond acceptors (Lipinski definition) is 5. The monoisotopic (exact) mass is 362 g/mol. The molecule has 26 heavy (non-hydrogen) atoms. The maximum atomic E-state index is 12.4. The van der Waals surface area contributed by atoms with Crippen molar-refractivity contribution in [1.29, 1.82) is 0 Å². The molecule has 2 rings (SSSR count). The van der Waals surface area contributed by atoms with E-state index in [0.717, 1.165) is 12.8 Å². The van der Waals surface area contributed by atoms with E-state index >= 15 is 0 Å². The van der Waals surface area contributed by atoms with Gasteiger partial charge in [0.05, 0.1) is 6.42 Å². The lowest BCUT2D eigenvalue weighted by Crippen LogP contribution is -2.35. The minimum atomic E-state index is -0.995. The number of carbonyl (C=O) groups is 3. The van der Waals surface area contributed by atoms with E-state index in [1.807, 2.05) is 6.07 Å². The molecule has 0 unspecified atom stereocenters. The first kappa shape index (κ1) is 19.8. The highest BCUT2D eigenvalue weighted by Crippen LogP contribution is 2.23. The van der Waals surface area contributed by atoms with E-state index in [1.54, 1.807) is 45.0 Å². The highest BCUT2D eigenvalue weighted by atomic mass is 16.6. The van der Waals surface area contributed by atoms with Crippen LogP contribution in [-0.2, 0) is 19.1 Å². The molecule has 142 valence electrons. The Morgan fingerprint density at radius 2 is 1.81 bits per heavy atom. The molecule has 0 bridgehead atoms. The molecule has 2 N–H and O–H groups in total. The number of nitrogens with one attached hydrogen (secondary N) is 2. The minimum absolute atomic E-state index is 0.0563. The van der Waals surface area contributed by atoms with Gasteiger partial charge < -0.3 is 20.1 Å². The van der Waals surface area contributed by atoms with Gasteiger partial charge in [-0.2, -0.15) is 0 Å². The quantitative estimate of drug-likeness (QED) is 0.727. The lowest BCUT2D eigenvalue weighted by Gasteiger charge is -2.20. The molecule has 1 aromatic carbocycles. The first-order valence-corrected chi connectivity index (χ1v) is 8.76. The molecule has 7 nitrogen and oxygen atoms in total. The van der Waals surface area contributed by atoms with Crippen LogP contribution in [-0.4, -0.2) is 36.2 Å². The molecule has 0 saturated heterocycles. The third-order valence-electron chi connectivity index (χ3n) is 3.51. The first-order chi connectivity index (χ1) is 12.2. The molecule has 0 aliphatic heterocycles. The summed E-state index contributed by atoms with van der Waals surface area (Å²) < 4.78 is 10.5. The Hall–Kier alpha value is -2.57. The Morgan fingerprint density at radius 1 is 1.15 bits per heavy atom. The molecule has 1 atom stereocenters. The predicted molar refractivity (Wildman–Crippen MR) is 95.3 cm³/mol. The summed E-state index contributed by atoms with van der Waals surface area (Å²) in [5.74, 6) is -0.895. The second-order valence-corrected chi connectivity index (χ2v) is 7.24. The number of esters is 1. The molecular weight excluding hydrogens is 336 g/mol. The van der Waals surface area contributed by atoms with E-state index in [-0.39, 0.29) is 24.9 Å². The van der Waals surface area contributed by atoms with Gasteiger partial charge in [0, 0.05) is 18.2 Å². The third kappa shape index (κ3) is 7.13. The number of alkyl carbamates (subject to hydrolysis) is 1. The van der Waals surface area contributed by atoms with Crippen LogP contribution in [0.25, 0.3) is 0 Å². The van der Waals surface area contributed by atoms with Gasteiger partial charge in [-0.05, 0) is 33.6 Å². The fourth-order valence-electron chi connectivity index (χ4n) is 2.18. The average molecular weight is 362 g/mol. The molecule has 1 fully saturated rings. The van der Waals surface area contributed by atoms with E-state index in [9.17, 15) is 14.4 Å². The van der Waals surface area contributed by atoms with Gasteiger partial charge in [-0.25, -0.2) is 4.79 Å². The van der Waals surface area contributed by atoms with Gasteiger partial charge in [0.25, 0.3) is 5.91 Å². The van der Waals surface area contributed by atoms with Crippen molar-refractivity contribution in [1.82, 2.24) is 10.6 Å². The number of benzene rings is 1. The van der Waals surface area contributed by atoms with Crippen molar-refractivity contribution in [3.05, 3.63) is 35.9 Å². The van der Waals surface area contributed by atoms with Crippen LogP contribution in [0.1, 0.15) is 51.7 Å². The second kappa shape index (κ2) is 8.69. The lowest BCUT2D eigenvalue weighted by atomic mass is 10.1. The van der Waals surface area contributed by atoms with Crippen LogP contribution < -0.4 is 10.6 Å². The van der Waals surface area contributed by atoms with Crippen LogP contribution in [0.15, 0.2) is 30.3 Å². The van der Waals surface area contributed by atoms with Crippen LogP contribution in [0.2, 0.25) is 0 Å². The summed E-state index contributed by atoms with van der Waals surface area (Å²) in [6, 6.07) is 9.04. The summed E-state index contributed by atoms with van der Waals surface area (Å²) in [4.78, 5) is 36.1. The Kier molecular flexibility index (Phi) is 6.60. The van der Waals surface area contributed by atoms with Crippen LogP contribution >= 0.6 is 0 Å². The SMILES string of the molecule is CC(C)(C)OC(=O)NCCC(=O)O[C@H](C(=O)NC1CC1)c1ccccc1. The first-order valence-electron chi connectivity index (χ1n) is 8.76. The minimum Gasteiger partial charge on any atom is -0.447 e. The Bertz CT molecular complexity index is 635. The average Bonchev–Trinajstić information content (AvgIpc) is 3.35. The van der Waals surface area contributed by atoms with E-state index < -0.39 is 23.8 Å². The van der Waals surface area contributed by atoms with E-state index in [1.165, 1.54) is 0 Å². The summed E-state index contributed by atoms with van der Waals surface area (Å²) >= 11 is 0. The van der Waals surface area contributed by atoms with Crippen molar-refractivity contribution in [2.45, 2.75) is 57.8 Å². The number of hydrogen-bond donors (Lipinski definition) is 2. The van der Waals surface area contributed by atoms with Gasteiger partial charge >= 0.3 is 12.1 Å². The molecule has 1 aliphatic rings. The summed E-state index contributed by atoms with van der Waals surface area (Å²) in [6.07, 6.45) is 0.239. The summed E-state index contributed by atoms with van der Waals surface area (Å²) in [6.45, 7) is 5.33. The van der Waals surface area contributed by atoms with Gasteiger partial charge in [0.1, 0.15) is 5.60 Å². The zero-order valence-electron chi connectivity index (χ0n) is 15.4. The maximum absolute atomic E-state index is 12.4. The largest absolute Gasteiger partial charge is 0.447 e. The molecule has 1 aliphatic carbocycles. The number of carbonyl (C=O) groups excluding carboxylic acids is 3. The normalized spacial score (nSPS) is 14.9. The molecule has 2 amide bonds. The molecule has 0 aromatic heterocycles. The highest BCUT2D eigenvalue weighted by molar-refractivity contribution is 5.85. The van der Waals surface area contributed by atoms with Crippen molar-refractivity contribution >= 4 is 18.0 Å². The van der Waals surface area contributed by atoms with Gasteiger partial charge in [-0.1, -0.05) is 30.3 Å². The molecular formula is C19H26N2O5. The van der Waals surface area contributed by atoms with Crippen molar-refractivity contribution in [2.24, 2.45) is 0 Å².